The largest absolute Gasteiger partial charge is 0.744 e. The number of hydrogen-bond donors (Lipinski definition) is 0. The molecule has 0 aliphatic rings. The molecule has 0 saturated carbocycles. The average Bonchev–Trinajstić information content (AvgIpc) is 2.50. The summed E-state index contributed by atoms with van der Waals surface area (Å²) in [5, 5.41) is 0. The van der Waals surface area contributed by atoms with Crippen LogP contribution in [0.15, 0.2) is 46.2 Å². The van der Waals surface area contributed by atoms with Crippen LogP contribution in [0.5, 0.6) is 0 Å². The van der Waals surface area contributed by atoms with Crippen LogP contribution >= 0.6 is 0 Å². The number of benzene rings is 2. The molecular formula is C15H8F6O6S2-2. The Morgan fingerprint density at radius 3 is 1.21 bits per heavy atom. The lowest BCUT2D eigenvalue weighted by Crippen LogP contribution is -2.19. The molecule has 0 fully saturated rings. The smallest absolute Gasteiger partial charge is 0.417 e. The molecule has 0 N–H and O–H groups in total. The molecule has 0 aromatic heterocycles. The second-order valence-electron chi connectivity index (χ2n) is 5.66. The molecule has 14 heteroatoms. The van der Waals surface area contributed by atoms with Crippen molar-refractivity contribution in [1.82, 2.24) is 0 Å². The minimum absolute atomic E-state index is 0.345. The molecule has 0 spiro atoms. The van der Waals surface area contributed by atoms with Gasteiger partial charge in [0.05, 0.1) is 20.9 Å². The van der Waals surface area contributed by atoms with Crippen molar-refractivity contribution < 1.29 is 52.3 Å². The number of rotatable bonds is 4. The molecule has 0 aliphatic carbocycles. The predicted octanol–water partition coefficient (Wildman–Crippen LogP) is 3.12. The van der Waals surface area contributed by atoms with E-state index in [0.717, 1.165) is 12.1 Å². The zero-order valence-electron chi connectivity index (χ0n) is 13.7. The third-order valence-electron chi connectivity index (χ3n) is 3.71. The van der Waals surface area contributed by atoms with Gasteiger partial charge < -0.3 is 9.11 Å². The van der Waals surface area contributed by atoms with Gasteiger partial charge in [0.15, 0.2) is 0 Å². The Morgan fingerprint density at radius 2 is 0.966 bits per heavy atom. The maximum absolute atomic E-state index is 13.4. The Balaban J connectivity index is 2.84. The fourth-order valence-corrected chi connectivity index (χ4v) is 4.20. The highest BCUT2D eigenvalue weighted by Crippen LogP contribution is 2.41. The quantitative estimate of drug-likeness (QED) is 0.510. The summed E-state index contributed by atoms with van der Waals surface area (Å²) in [6.07, 6.45) is -12.1. The summed E-state index contributed by atoms with van der Waals surface area (Å²) in [4.78, 5) is -3.38. The normalized spacial score (nSPS) is 13.5. The lowest BCUT2D eigenvalue weighted by molar-refractivity contribution is -0.140. The summed E-state index contributed by atoms with van der Waals surface area (Å²) in [6.45, 7) is 0. The molecule has 0 amide bonds. The van der Waals surface area contributed by atoms with Crippen LogP contribution in [0.4, 0.5) is 26.3 Å². The summed E-state index contributed by atoms with van der Waals surface area (Å²) in [6, 6.07) is 3.40. The zero-order chi connectivity index (χ0) is 22.4. The summed E-state index contributed by atoms with van der Waals surface area (Å²) in [7, 11) is -11.3. The fraction of sp³-hybridized carbons (Fsp3) is 0.200. The first kappa shape index (κ1) is 23.1. The molecule has 2 rings (SSSR count). The molecule has 0 heterocycles. The summed E-state index contributed by atoms with van der Waals surface area (Å²) >= 11 is 0. The highest BCUT2D eigenvalue weighted by molar-refractivity contribution is 7.86. The Kier molecular flexibility index (Phi) is 5.79. The minimum atomic E-state index is -5.64. The van der Waals surface area contributed by atoms with Gasteiger partial charge in [-0.15, -0.1) is 0 Å². The first-order valence-corrected chi connectivity index (χ1v) is 10.1. The standard InChI is InChI=1S/C15H10F6O6S2/c16-14(17,18)12-8(3-1-5-10(12)28(22,23)24)7-9-4-2-6-11(29(25,26)27)13(9)15(19,20)21/h1-6H,7H2,(H,22,23,24)(H,25,26,27)/p-2. The van der Waals surface area contributed by atoms with Gasteiger partial charge in [0.2, 0.25) is 0 Å². The van der Waals surface area contributed by atoms with E-state index in [1.54, 1.807) is 0 Å². The van der Waals surface area contributed by atoms with Crippen molar-refractivity contribution in [3.63, 3.8) is 0 Å². The van der Waals surface area contributed by atoms with Crippen molar-refractivity contribution in [2.24, 2.45) is 0 Å². The zero-order valence-corrected chi connectivity index (χ0v) is 15.3. The van der Waals surface area contributed by atoms with Gasteiger partial charge in [-0.1, -0.05) is 24.3 Å². The van der Waals surface area contributed by atoms with Crippen molar-refractivity contribution in [2.45, 2.75) is 28.6 Å². The first-order valence-electron chi connectivity index (χ1n) is 7.24. The maximum atomic E-state index is 13.4. The topological polar surface area (TPSA) is 114 Å². The summed E-state index contributed by atoms with van der Waals surface area (Å²) in [5.41, 5.74) is -6.00. The van der Waals surface area contributed by atoms with Gasteiger partial charge in [-0.3, -0.25) is 0 Å². The molecule has 2 aromatic carbocycles. The maximum Gasteiger partial charge on any atom is 0.417 e. The fourth-order valence-electron chi connectivity index (χ4n) is 2.71. The van der Waals surface area contributed by atoms with Gasteiger partial charge >= 0.3 is 12.4 Å². The van der Waals surface area contributed by atoms with Crippen LogP contribution in [0.25, 0.3) is 0 Å². The number of halogens is 6. The molecule has 0 saturated heterocycles. The summed E-state index contributed by atoms with van der Waals surface area (Å²) < 4.78 is 147. The molecule has 0 bridgehead atoms. The van der Waals surface area contributed by atoms with Crippen molar-refractivity contribution in [3.05, 3.63) is 58.7 Å². The molecule has 0 radical (unpaired) electrons. The molecule has 0 unspecified atom stereocenters. The van der Waals surface area contributed by atoms with Crippen molar-refractivity contribution in [1.29, 1.82) is 0 Å². The third-order valence-corrected chi connectivity index (χ3v) is 5.47. The Hall–Kier alpha value is -2.16. The van der Waals surface area contributed by atoms with E-state index in [-0.39, 0.29) is 0 Å². The van der Waals surface area contributed by atoms with Crippen LogP contribution in [0, 0.1) is 0 Å². The highest BCUT2D eigenvalue weighted by atomic mass is 32.2. The van der Waals surface area contributed by atoms with Crippen LogP contribution in [0.3, 0.4) is 0 Å². The third kappa shape index (κ3) is 5.07. The van der Waals surface area contributed by atoms with Crippen molar-refractivity contribution >= 4 is 20.2 Å². The molecule has 29 heavy (non-hydrogen) atoms. The molecular weight excluding hydrogens is 454 g/mol. The van der Waals surface area contributed by atoms with E-state index in [1.807, 2.05) is 0 Å². The van der Waals surface area contributed by atoms with Gasteiger partial charge in [-0.25, -0.2) is 16.8 Å². The molecule has 0 aliphatic heterocycles. The Morgan fingerprint density at radius 1 is 0.655 bits per heavy atom. The Labute approximate surface area is 160 Å². The van der Waals surface area contributed by atoms with Crippen LogP contribution in [-0.2, 0) is 39.0 Å². The molecule has 160 valence electrons. The van der Waals surface area contributed by atoms with E-state index in [0.29, 0.717) is 24.3 Å². The van der Waals surface area contributed by atoms with Crippen molar-refractivity contribution in [2.75, 3.05) is 0 Å². The number of hydrogen-bond acceptors (Lipinski definition) is 6. The highest BCUT2D eigenvalue weighted by Gasteiger charge is 2.40. The van der Waals surface area contributed by atoms with Crippen LogP contribution in [-0.4, -0.2) is 25.9 Å². The van der Waals surface area contributed by atoms with Crippen LogP contribution in [0.1, 0.15) is 22.3 Å². The molecule has 2 aromatic rings. The lowest BCUT2D eigenvalue weighted by Gasteiger charge is -2.22. The van der Waals surface area contributed by atoms with E-state index < -0.39 is 71.1 Å². The second-order valence-corrected chi connectivity index (χ2v) is 8.36. The average molecular weight is 462 g/mol. The monoisotopic (exact) mass is 462 g/mol. The SMILES string of the molecule is O=S(=O)([O-])c1cccc(Cc2cccc(S(=O)(=O)[O-])c2C(F)(F)F)c1C(F)(F)F. The van der Waals surface area contributed by atoms with E-state index in [2.05, 4.69) is 0 Å². The molecule has 0 atom stereocenters. The second kappa shape index (κ2) is 7.27. The van der Waals surface area contributed by atoms with Gasteiger partial charge in [-0.2, -0.15) is 26.3 Å². The van der Waals surface area contributed by atoms with Gasteiger partial charge in [0.1, 0.15) is 20.2 Å². The Bertz CT molecular complexity index is 1060. The lowest BCUT2D eigenvalue weighted by atomic mass is 9.95. The van der Waals surface area contributed by atoms with Gasteiger partial charge in [-0.05, 0) is 29.7 Å². The van der Waals surface area contributed by atoms with Crippen molar-refractivity contribution in [3.8, 4) is 0 Å². The number of alkyl halides is 6. The van der Waals surface area contributed by atoms with E-state index in [4.69, 9.17) is 0 Å². The van der Waals surface area contributed by atoms with E-state index in [9.17, 15) is 52.3 Å². The minimum Gasteiger partial charge on any atom is -0.744 e. The van der Waals surface area contributed by atoms with E-state index >= 15 is 0 Å². The first-order chi connectivity index (χ1) is 12.9. The van der Waals surface area contributed by atoms with E-state index in [1.165, 1.54) is 0 Å². The van der Waals surface area contributed by atoms with Crippen LogP contribution < -0.4 is 0 Å². The molecule has 6 nitrogen and oxygen atoms in total. The summed E-state index contributed by atoms with van der Waals surface area (Å²) in [5.74, 6) is 0. The van der Waals surface area contributed by atoms with Gasteiger partial charge in [0.25, 0.3) is 0 Å². The van der Waals surface area contributed by atoms with Crippen LogP contribution in [0.2, 0.25) is 0 Å². The van der Waals surface area contributed by atoms with Gasteiger partial charge in [0, 0.05) is 0 Å². The predicted molar refractivity (Wildman–Crippen MR) is 81.6 cm³/mol.